The van der Waals surface area contributed by atoms with E-state index < -0.39 is 0 Å². The van der Waals surface area contributed by atoms with E-state index in [1.807, 2.05) is 30.3 Å². The van der Waals surface area contributed by atoms with E-state index in [1.165, 1.54) is 0 Å². The molecule has 142 valence electrons. The molecule has 0 spiro atoms. The molecule has 0 atom stereocenters. The number of amides is 2. The molecule has 1 N–H and O–H groups in total. The maximum atomic E-state index is 12.6. The van der Waals surface area contributed by atoms with Crippen LogP contribution in [0.3, 0.4) is 0 Å². The highest BCUT2D eigenvalue weighted by molar-refractivity contribution is 6.03. The van der Waals surface area contributed by atoms with E-state index in [2.05, 4.69) is 36.0 Å². The molecule has 2 amide bonds. The minimum Gasteiger partial charge on any atom is -0.367 e. The first-order valence-corrected chi connectivity index (χ1v) is 9.20. The second-order valence-corrected chi connectivity index (χ2v) is 7.78. The molecule has 0 radical (unpaired) electrons. The molecule has 0 bridgehead atoms. The number of hydrogen-bond acceptors (Lipinski definition) is 4. The fourth-order valence-electron chi connectivity index (χ4n) is 3.23. The Balaban J connectivity index is 1.69. The van der Waals surface area contributed by atoms with Crippen molar-refractivity contribution in [1.82, 2.24) is 9.88 Å². The van der Waals surface area contributed by atoms with Crippen molar-refractivity contribution in [1.29, 1.82) is 0 Å². The van der Waals surface area contributed by atoms with Crippen LogP contribution < -0.4 is 10.2 Å². The summed E-state index contributed by atoms with van der Waals surface area (Å²) in [4.78, 5) is 31.7. The van der Waals surface area contributed by atoms with Gasteiger partial charge in [-0.05, 0) is 29.2 Å². The molecule has 2 aromatic rings. The summed E-state index contributed by atoms with van der Waals surface area (Å²) in [6.07, 6.45) is 2.61. The average Bonchev–Trinajstić information content (AvgIpc) is 2.68. The van der Waals surface area contributed by atoms with Crippen LogP contribution in [0.25, 0.3) is 0 Å². The van der Waals surface area contributed by atoms with Crippen molar-refractivity contribution in [2.24, 2.45) is 0 Å². The molecule has 2 heterocycles. The molecule has 1 fully saturated rings. The summed E-state index contributed by atoms with van der Waals surface area (Å²) in [7, 11) is 0. The summed E-state index contributed by atoms with van der Waals surface area (Å²) in [5.74, 6) is -0.218. The van der Waals surface area contributed by atoms with Crippen LogP contribution in [-0.2, 0) is 10.2 Å². The number of carbonyl (C=O) groups excluding carboxylic acids is 2. The van der Waals surface area contributed by atoms with Crippen molar-refractivity contribution in [3.8, 4) is 0 Å². The maximum absolute atomic E-state index is 12.6. The van der Waals surface area contributed by atoms with Crippen molar-refractivity contribution < 1.29 is 9.59 Å². The zero-order valence-electron chi connectivity index (χ0n) is 16.1. The molecule has 0 saturated carbocycles. The Labute approximate surface area is 160 Å². The first-order chi connectivity index (χ1) is 12.9. The smallest absolute Gasteiger partial charge is 0.274 e. The predicted molar refractivity (Wildman–Crippen MR) is 107 cm³/mol. The lowest BCUT2D eigenvalue weighted by molar-refractivity contribution is -0.118. The van der Waals surface area contributed by atoms with Crippen molar-refractivity contribution in [2.75, 3.05) is 36.4 Å². The number of para-hydroxylation sites is 1. The Morgan fingerprint density at radius 2 is 1.78 bits per heavy atom. The number of piperazine rings is 1. The number of rotatable bonds is 4. The lowest BCUT2D eigenvalue weighted by atomic mass is 9.86. The number of nitrogens with one attached hydrogen (secondary N) is 1. The number of carbonyl (C=O) groups is 2. The van der Waals surface area contributed by atoms with Gasteiger partial charge in [0.25, 0.3) is 5.91 Å². The number of nitrogens with zero attached hydrogens (tertiary/aromatic N) is 3. The quantitative estimate of drug-likeness (QED) is 0.845. The zero-order valence-corrected chi connectivity index (χ0v) is 16.1. The predicted octanol–water partition coefficient (Wildman–Crippen LogP) is 2.91. The topological polar surface area (TPSA) is 65.5 Å². The van der Waals surface area contributed by atoms with Gasteiger partial charge in [0.15, 0.2) is 0 Å². The number of aromatic nitrogens is 1. The number of hydrogen-bond donors (Lipinski definition) is 1. The van der Waals surface area contributed by atoms with Gasteiger partial charge >= 0.3 is 0 Å². The highest BCUT2D eigenvalue weighted by Crippen LogP contribution is 2.29. The molecule has 1 aliphatic heterocycles. The molecule has 3 rings (SSSR count). The third-order valence-electron chi connectivity index (χ3n) is 4.79. The number of benzene rings is 1. The average molecular weight is 366 g/mol. The van der Waals surface area contributed by atoms with E-state index in [9.17, 15) is 9.59 Å². The lowest BCUT2D eigenvalue weighted by Gasteiger charge is -2.33. The van der Waals surface area contributed by atoms with Crippen LogP contribution in [0.2, 0.25) is 0 Å². The molecule has 1 aromatic heterocycles. The summed E-state index contributed by atoms with van der Waals surface area (Å²) < 4.78 is 0. The van der Waals surface area contributed by atoms with Gasteiger partial charge in [0, 0.05) is 31.9 Å². The fraction of sp³-hybridized carbons (Fsp3) is 0.381. The highest BCUT2D eigenvalue weighted by Gasteiger charge is 2.20. The summed E-state index contributed by atoms with van der Waals surface area (Å²) >= 11 is 0. The van der Waals surface area contributed by atoms with Gasteiger partial charge in [-0.15, -0.1) is 0 Å². The minimum absolute atomic E-state index is 0.0647. The van der Waals surface area contributed by atoms with Gasteiger partial charge in [-0.25, -0.2) is 4.98 Å². The van der Waals surface area contributed by atoms with E-state index in [0.717, 1.165) is 36.4 Å². The van der Waals surface area contributed by atoms with Crippen LogP contribution in [0.5, 0.6) is 0 Å². The van der Waals surface area contributed by atoms with E-state index in [4.69, 9.17) is 0 Å². The highest BCUT2D eigenvalue weighted by atomic mass is 16.2. The largest absolute Gasteiger partial charge is 0.367 e. The molecule has 0 unspecified atom stereocenters. The Hall–Kier alpha value is -2.89. The molecule has 27 heavy (non-hydrogen) atoms. The van der Waals surface area contributed by atoms with Crippen LogP contribution in [-0.4, -0.2) is 48.4 Å². The Morgan fingerprint density at radius 3 is 2.37 bits per heavy atom. The van der Waals surface area contributed by atoms with E-state index in [-0.39, 0.29) is 11.3 Å². The van der Waals surface area contributed by atoms with Gasteiger partial charge in [0.2, 0.25) is 6.41 Å². The molecule has 1 aliphatic rings. The minimum atomic E-state index is -0.218. The third kappa shape index (κ3) is 4.45. The van der Waals surface area contributed by atoms with Gasteiger partial charge < -0.3 is 15.1 Å². The first kappa shape index (κ1) is 18.9. The fourth-order valence-corrected chi connectivity index (χ4v) is 3.23. The van der Waals surface area contributed by atoms with Crippen LogP contribution in [0, 0.1) is 0 Å². The Morgan fingerprint density at radius 1 is 1.07 bits per heavy atom. The SMILES string of the molecule is CC(C)(C)c1ccccc1NC(=O)c1ccc(N2CCN(C=O)CC2)cn1. The van der Waals surface area contributed by atoms with Crippen LogP contribution in [0.15, 0.2) is 42.6 Å². The summed E-state index contributed by atoms with van der Waals surface area (Å²) in [5.41, 5.74) is 3.18. The van der Waals surface area contributed by atoms with Crippen molar-refractivity contribution in [3.63, 3.8) is 0 Å². The Kier molecular flexibility index (Phi) is 5.44. The van der Waals surface area contributed by atoms with Gasteiger partial charge in [-0.1, -0.05) is 39.0 Å². The van der Waals surface area contributed by atoms with Gasteiger partial charge in [0.1, 0.15) is 5.69 Å². The van der Waals surface area contributed by atoms with Gasteiger partial charge in [-0.2, -0.15) is 0 Å². The standard InChI is InChI=1S/C21H26N4O2/c1-21(2,3)17-6-4-5-7-18(17)23-20(27)19-9-8-16(14-22-19)25-12-10-24(15-26)11-13-25/h4-9,14-15H,10-13H2,1-3H3,(H,23,27). The maximum Gasteiger partial charge on any atom is 0.274 e. The van der Waals surface area contributed by atoms with Gasteiger partial charge in [0.05, 0.1) is 11.9 Å². The molecule has 6 nitrogen and oxygen atoms in total. The van der Waals surface area contributed by atoms with Gasteiger partial charge in [-0.3, -0.25) is 9.59 Å². The third-order valence-corrected chi connectivity index (χ3v) is 4.79. The van der Waals surface area contributed by atoms with Crippen molar-refractivity contribution >= 4 is 23.7 Å². The molecule has 0 aliphatic carbocycles. The lowest BCUT2D eigenvalue weighted by Crippen LogP contribution is -2.45. The first-order valence-electron chi connectivity index (χ1n) is 9.20. The van der Waals surface area contributed by atoms with Crippen molar-refractivity contribution in [2.45, 2.75) is 26.2 Å². The summed E-state index contributed by atoms with van der Waals surface area (Å²) in [5, 5.41) is 2.99. The van der Waals surface area contributed by atoms with Crippen LogP contribution in [0.4, 0.5) is 11.4 Å². The van der Waals surface area contributed by atoms with Crippen LogP contribution >= 0.6 is 0 Å². The van der Waals surface area contributed by atoms with E-state index in [1.54, 1.807) is 17.2 Å². The van der Waals surface area contributed by atoms with E-state index >= 15 is 0 Å². The molecular formula is C21H26N4O2. The second kappa shape index (κ2) is 7.78. The van der Waals surface area contributed by atoms with E-state index in [0.29, 0.717) is 18.8 Å². The molecule has 1 aromatic carbocycles. The molecular weight excluding hydrogens is 340 g/mol. The molecule has 1 saturated heterocycles. The Bertz CT molecular complexity index is 804. The zero-order chi connectivity index (χ0) is 19.4. The second-order valence-electron chi connectivity index (χ2n) is 7.78. The summed E-state index contributed by atoms with van der Waals surface area (Å²) in [6.45, 7) is 9.31. The summed E-state index contributed by atoms with van der Waals surface area (Å²) in [6, 6.07) is 11.5. The normalized spacial score (nSPS) is 14.8. The molecule has 6 heteroatoms. The number of anilines is 2. The van der Waals surface area contributed by atoms with Crippen molar-refractivity contribution in [3.05, 3.63) is 53.9 Å². The van der Waals surface area contributed by atoms with Crippen LogP contribution in [0.1, 0.15) is 36.8 Å². The number of pyridine rings is 1. The monoisotopic (exact) mass is 366 g/mol.